The van der Waals surface area contributed by atoms with Gasteiger partial charge in [0.05, 0.1) is 11.3 Å². The van der Waals surface area contributed by atoms with Gasteiger partial charge in [0.15, 0.2) is 0 Å². The molecule has 2 rings (SSSR count). The van der Waals surface area contributed by atoms with Crippen LogP contribution in [0.1, 0.15) is 72.0 Å². The van der Waals surface area contributed by atoms with Crippen LogP contribution in [0.4, 0.5) is 5.69 Å². The molecule has 1 amide bonds. The third kappa shape index (κ3) is 4.47. The van der Waals surface area contributed by atoms with Crippen molar-refractivity contribution in [2.45, 2.75) is 66.7 Å². The summed E-state index contributed by atoms with van der Waals surface area (Å²) in [6.45, 7) is 10.4. The Balaban J connectivity index is 2.42. The average Bonchev–Trinajstić information content (AvgIpc) is 2.59. The van der Waals surface area contributed by atoms with Gasteiger partial charge < -0.3 is 5.32 Å². The summed E-state index contributed by atoms with van der Waals surface area (Å²) in [6.07, 6.45) is 4.78. The van der Waals surface area contributed by atoms with E-state index < -0.39 is 0 Å². The van der Waals surface area contributed by atoms with Crippen molar-refractivity contribution in [1.82, 2.24) is 4.98 Å². The van der Waals surface area contributed by atoms with Crippen LogP contribution >= 0.6 is 0 Å². The number of para-hydroxylation sites is 1. The molecular weight excluding hydrogens is 308 g/mol. The van der Waals surface area contributed by atoms with Crippen molar-refractivity contribution in [3.8, 4) is 0 Å². The molecule has 0 aliphatic rings. The van der Waals surface area contributed by atoms with Gasteiger partial charge in [-0.1, -0.05) is 45.4 Å². The number of nitrogens with zero attached hydrogens (tertiary/aromatic N) is 1. The first-order chi connectivity index (χ1) is 12.0. The number of anilines is 1. The molecule has 0 saturated heterocycles. The quantitative estimate of drug-likeness (QED) is 0.732. The van der Waals surface area contributed by atoms with E-state index in [1.165, 1.54) is 11.1 Å². The Morgan fingerprint density at radius 3 is 2.28 bits per heavy atom. The molecule has 2 aromatic rings. The molecule has 0 bridgehead atoms. The van der Waals surface area contributed by atoms with Gasteiger partial charge in [-0.2, -0.15) is 0 Å². The molecular formula is C22H30N2O. The molecule has 3 heteroatoms. The van der Waals surface area contributed by atoms with Crippen molar-refractivity contribution in [1.29, 1.82) is 0 Å². The van der Waals surface area contributed by atoms with E-state index in [1.807, 2.05) is 19.9 Å². The van der Waals surface area contributed by atoms with Crippen molar-refractivity contribution in [3.63, 3.8) is 0 Å². The zero-order valence-corrected chi connectivity index (χ0v) is 16.2. The molecule has 1 aromatic carbocycles. The highest BCUT2D eigenvalue weighted by molar-refractivity contribution is 6.06. The summed E-state index contributed by atoms with van der Waals surface area (Å²) in [4.78, 5) is 17.8. The summed E-state index contributed by atoms with van der Waals surface area (Å²) in [5.41, 5.74) is 6.97. The van der Waals surface area contributed by atoms with Gasteiger partial charge in [0.2, 0.25) is 0 Å². The SMILES string of the molecule is CCCCc1nc(C)cc(C)c1C(=O)Nc1c(CC)cccc1CC. The fourth-order valence-corrected chi connectivity index (χ4v) is 3.33. The zero-order valence-electron chi connectivity index (χ0n) is 16.2. The molecule has 0 fully saturated rings. The second-order valence-corrected chi connectivity index (χ2v) is 6.62. The Labute approximate surface area is 151 Å². The predicted octanol–water partition coefficient (Wildman–Crippen LogP) is 5.42. The van der Waals surface area contributed by atoms with E-state index in [4.69, 9.17) is 0 Å². The molecule has 0 atom stereocenters. The number of nitrogens with one attached hydrogen (secondary N) is 1. The van der Waals surface area contributed by atoms with E-state index >= 15 is 0 Å². The third-order valence-electron chi connectivity index (χ3n) is 4.65. The first kappa shape index (κ1) is 19.2. The molecule has 0 saturated carbocycles. The van der Waals surface area contributed by atoms with Gasteiger partial charge in [0, 0.05) is 11.4 Å². The number of amides is 1. The number of carbonyl (C=O) groups is 1. The summed E-state index contributed by atoms with van der Waals surface area (Å²) in [5, 5.41) is 3.20. The van der Waals surface area contributed by atoms with Gasteiger partial charge in [0.1, 0.15) is 0 Å². The highest BCUT2D eigenvalue weighted by atomic mass is 16.1. The molecule has 0 aliphatic carbocycles. The Bertz CT molecular complexity index is 728. The maximum atomic E-state index is 13.1. The number of pyridine rings is 1. The first-order valence-corrected chi connectivity index (χ1v) is 9.40. The van der Waals surface area contributed by atoms with Gasteiger partial charge in [-0.05, 0) is 62.3 Å². The number of unbranched alkanes of at least 4 members (excludes halogenated alkanes) is 1. The topological polar surface area (TPSA) is 42.0 Å². The molecule has 134 valence electrons. The number of aromatic nitrogens is 1. The van der Waals surface area contributed by atoms with Gasteiger partial charge >= 0.3 is 0 Å². The van der Waals surface area contributed by atoms with Gasteiger partial charge in [-0.15, -0.1) is 0 Å². The minimum absolute atomic E-state index is 0.0355. The minimum atomic E-state index is -0.0355. The zero-order chi connectivity index (χ0) is 18.4. The van der Waals surface area contributed by atoms with E-state index in [0.29, 0.717) is 0 Å². The maximum absolute atomic E-state index is 13.1. The van der Waals surface area contributed by atoms with Crippen LogP contribution < -0.4 is 5.32 Å². The largest absolute Gasteiger partial charge is 0.321 e. The van der Waals surface area contributed by atoms with Crippen LogP contribution in [0.3, 0.4) is 0 Å². The van der Waals surface area contributed by atoms with Crippen LogP contribution in [0.25, 0.3) is 0 Å². The van der Waals surface area contributed by atoms with Crippen molar-refractivity contribution in [2.75, 3.05) is 5.32 Å². The number of carbonyl (C=O) groups excluding carboxylic acids is 1. The van der Waals surface area contributed by atoms with E-state index in [0.717, 1.165) is 60.3 Å². The second kappa shape index (κ2) is 8.80. The predicted molar refractivity (Wildman–Crippen MR) is 105 cm³/mol. The monoisotopic (exact) mass is 338 g/mol. The van der Waals surface area contributed by atoms with E-state index in [9.17, 15) is 4.79 Å². The first-order valence-electron chi connectivity index (χ1n) is 9.40. The number of rotatable bonds is 7. The van der Waals surface area contributed by atoms with Gasteiger partial charge in [-0.3, -0.25) is 9.78 Å². The van der Waals surface area contributed by atoms with Crippen molar-refractivity contribution in [2.24, 2.45) is 0 Å². The lowest BCUT2D eigenvalue weighted by atomic mass is 9.99. The fourth-order valence-electron chi connectivity index (χ4n) is 3.33. The molecule has 0 aliphatic heterocycles. The molecule has 3 nitrogen and oxygen atoms in total. The summed E-state index contributed by atoms with van der Waals surface area (Å²) < 4.78 is 0. The number of hydrogen-bond acceptors (Lipinski definition) is 2. The molecule has 1 N–H and O–H groups in total. The van der Waals surface area contributed by atoms with E-state index in [-0.39, 0.29) is 5.91 Å². The van der Waals surface area contributed by atoms with E-state index in [1.54, 1.807) is 0 Å². The molecule has 1 aromatic heterocycles. The van der Waals surface area contributed by atoms with Gasteiger partial charge in [0.25, 0.3) is 5.91 Å². The second-order valence-electron chi connectivity index (χ2n) is 6.62. The highest BCUT2D eigenvalue weighted by Crippen LogP contribution is 2.25. The van der Waals surface area contributed by atoms with Crippen LogP contribution in [0, 0.1) is 13.8 Å². The van der Waals surface area contributed by atoms with Crippen LogP contribution in [0.2, 0.25) is 0 Å². The smallest absolute Gasteiger partial charge is 0.257 e. The lowest BCUT2D eigenvalue weighted by Crippen LogP contribution is -2.19. The molecule has 0 spiro atoms. The number of benzene rings is 1. The highest BCUT2D eigenvalue weighted by Gasteiger charge is 2.18. The summed E-state index contributed by atoms with van der Waals surface area (Å²) in [6, 6.07) is 8.25. The lowest BCUT2D eigenvalue weighted by molar-refractivity contribution is 0.102. The van der Waals surface area contributed by atoms with Gasteiger partial charge in [-0.25, -0.2) is 0 Å². The minimum Gasteiger partial charge on any atom is -0.321 e. The summed E-state index contributed by atoms with van der Waals surface area (Å²) in [5.74, 6) is -0.0355. The van der Waals surface area contributed by atoms with Crippen molar-refractivity contribution in [3.05, 3.63) is 57.9 Å². The summed E-state index contributed by atoms with van der Waals surface area (Å²) in [7, 11) is 0. The molecule has 0 unspecified atom stereocenters. The fraction of sp³-hybridized carbons (Fsp3) is 0.455. The van der Waals surface area contributed by atoms with Crippen LogP contribution in [-0.4, -0.2) is 10.9 Å². The number of hydrogen-bond donors (Lipinski definition) is 1. The Hall–Kier alpha value is -2.16. The standard InChI is InChI=1S/C22H30N2O/c1-6-9-13-19-20(15(4)14-16(5)23-19)22(25)24-21-17(7-2)11-10-12-18(21)8-3/h10-12,14H,6-9,13H2,1-5H3,(H,24,25). The summed E-state index contributed by atoms with van der Waals surface area (Å²) >= 11 is 0. The molecule has 1 heterocycles. The molecule has 0 radical (unpaired) electrons. The van der Waals surface area contributed by atoms with Crippen LogP contribution in [0.15, 0.2) is 24.3 Å². The van der Waals surface area contributed by atoms with Crippen LogP contribution in [-0.2, 0) is 19.3 Å². The Kier molecular flexibility index (Phi) is 6.74. The van der Waals surface area contributed by atoms with Crippen molar-refractivity contribution >= 4 is 11.6 Å². The third-order valence-corrected chi connectivity index (χ3v) is 4.65. The van der Waals surface area contributed by atoms with E-state index in [2.05, 4.69) is 49.3 Å². The number of aryl methyl sites for hydroxylation is 5. The maximum Gasteiger partial charge on any atom is 0.257 e. The Morgan fingerprint density at radius 2 is 1.72 bits per heavy atom. The van der Waals surface area contributed by atoms with Crippen LogP contribution in [0.5, 0.6) is 0 Å². The average molecular weight is 338 g/mol. The van der Waals surface area contributed by atoms with Crippen molar-refractivity contribution < 1.29 is 4.79 Å². The normalized spacial score (nSPS) is 10.8. The Morgan fingerprint density at radius 1 is 1.08 bits per heavy atom. The molecule has 25 heavy (non-hydrogen) atoms. The lowest BCUT2D eigenvalue weighted by Gasteiger charge is -2.17.